The lowest BCUT2D eigenvalue weighted by atomic mass is 10.4. The first kappa shape index (κ1) is 15.2. The van der Waals surface area contributed by atoms with Gasteiger partial charge in [0.25, 0.3) is 0 Å². The van der Waals surface area contributed by atoms with Crippen LogP contribution in [0.25, 0.3) is 0 Å². The Morgan fingerprint density at radius 2 is 0.900 bits per heavy atom. The van der Waals surface area contributed by atoms with E-state index < -0.39 is 16.5 Å². The molecule has 0 unspecified atom stereocenters. The van der Waals surface area contributed by atoms with E-state index in [1.165, 1.54) is 10.4 Å². The maximum atomic E-state index is 2.73. The van der Waals surface area contributed by atoms with Crippen LogP contribution in [-0.4, -0.2) is 27.7 Å². The highest BCUT2D eigenvalue weighted by Gasteiger charge is 2.40. The lowest BCUT2D eigenvalue weighted by molar-refractivity contribution is 0.774. The lowest BCUT2D eigenvalue weighted by Crippen LogP contribution is -2.69. The average molecular weight is 300 g/mol. The van der Waals surface area contributed by atoms with Gasteiger partial charge in [0.1, 0.15) is 16.5 Å². The van der Waals surface area contributed by atoms with Crippen molar-refractivity contribution in [1.29, 1.82) is 0 Å². The molecule has 0 heterocycles. The molecule has 0 bridgehead atoms. The van der Waals surface area contributed by atoms with Crippen molar-refractivity contribution in [2.75, 3.05) is 7.05 Å². The summed E-state index contributed by atoms with van der Waals surface area (Å²) in [5.41, 5.74) is 0. The summed E-state index contributed by atoms with van der Waals surface area (Å²) in [5, 5.41) is 3.03. The van der Waals surface area contributed by atoms with Gasteiger partial charge in [0.05, 0.1) is 0 Å². The van der Waals surface area contributed by atoms with Gasteiger partial charge in [-0.25, -0.2) is 0 Å². The van der Waals surface area contributed by atoms with Crippen molar-refractivity contribution in [3.63, 3.8) is 0 Å². The third kappa shape index (κ3) is 2.80. The van der Waals surface area contributed by atoms with Gasteiger partial charge in [-0.1, -0.05) is 86.9 Å². The zero-order valence-corrected chi connectivity index (χ0v) is 15.2. The van der Waals surface area contributed by atoms with Crippen LogP contribution in [0.4, 0.5) is 0 Å². The summed E-state index contributed by atoms with van der Waals surface area (Å²) in [4.78, 5) is 0. The second kappa shape index (κ2) is 5.68. The van der Waals surface area contributed by atoms with Gasteiger partial charge in [0.15, 0.2) is 0 Å². The summed E-state index contributed by atoms with van der Waals surface area (Å²) in [6, 6.07) is 22.0. The van der Waals surface area contributed by atoms with Crippen LogP contribution in [0.2, 0.25) is 26.2 Å². The number of hydrogen-bond acceptors (Lipinski definition) is 1. The first-order chi connectivity index (χ1) is 9.37. The number of benzene rings is 2. The highest BCUT2D eigenvalue weighted by Crippen LogP contribution is 2.18. The van der Waals surface area contributed by atoms with Crippen molar-refractivity contribution in [2.45, 2.75) is 26.2 Å². The Kier molecular flexibility index (Phi) is 4.32. The Morgan fingerprint density at radius 3 is 1.20 bits per heavy atom. The third-order valence-electron chi connectivity index (χ3n) is 4.64. The zero-order chi connectivity index (χ0) is 14.8. The van der Waals surface area contributed by atoms with Gasteiger partial charge in [-0.3, -0.25) is 0 Å². The van der Waals surface area contributed by atoms with Crippen LogP contribution in [0, 0.1) is 0 Å². The van der Waals surface area contributed by atoms with E-state index in [0.29, 0.717) is 0 Å². The highest BCUT2D eigenvalue weighted by atomic mass is 28.4. The summed E-state index contributed by atoms with van der Waals surface area (Å²) in [6.45, 7) is 9.83. The molecule has 0 saturated heterocycles. The molecule has 0 spiro atoms. The van der Waals surface area contributed by atoms with Crippen LogP contribution in [-0.2, 0) is 0 Å². The summed E-state index contributed by atoms with van der Waals surface area (Å²) >= 11 is 0. The number of rotatable bonds is 4. The summed E-state index contributed by atoms with van der Waals surface area (Å²) in [6.07, 6.45) is 0. The number of hydrogen-bond donors (Lipinski definition) is 0. The van der Waals surface area contributed by atoms with E-state index in [0.717, 1.165) is 0 Å². The van der Waals surface area contributed by atoms with Crippen LogP contribution < -0.4 is 10.4 Å². The van der Waals surface area contributed by atoms with Crippen molar-refractivity contribution in [3.05, 3.63) is 60.7 Å². The summed E-state index contributed by atoms with van der Waals surface area (Å²) < 4.78 is 2.73. The molecule has 2 rings (SSSR count). The largest absolute Gasteiger partial charge is 0.341 e. The van der Waals surface area contributed by atoms with Crippen molar-refractivity contribution < 1.29 is 0 Å². The number of nitrogens with zero attached hydrogens (tertiary/aromatic N) is 1. The zero-order valence-electron chi connectivity index (χ0n) is 13.2. The van der Waals surface area contributed by atoms with Gasteiger partial charge >= 0.3 is 0 Å². The smallest absolute Gasteiger partial charge is 0.147 e. The topological polar surface area (TPSA) is 3.24 Å². The Hall–Kier alpha value is -1.17. The minimum absolute atomic E-state index is 1.51. The van der Waals surface area contributed by atoms with Crippen molar-refractivity contribution >= 4 is 26.8 Å². The molecule has 2 aromatic carbocycles. The molecule has 2 aromatic rings. The van der Waals surface area contributed by atoms with E-state index in [1.54, 1.807) is 0 Å². The second-order valence-corrected chi connectivity index (χ2v) is 15.6. The fraction of sp³-hybridized carbons (Fsp3) is 0.294. The molecule has 0 atom stereocenters. The molecule has 20 heavy (non-hydrogen) atoms. The lowest BCUT2D eigenvalue weighted by Gasteiger charge is -2.44. The SMILES string of the molecule is CN([Si](C)(C)c1ccccc1)[Si](C)(C)c1ccccc1. The second-order valence-electron chi connectivity index (χ2n) is 6.41. The fourth-order valence-electron chi connectivity index (χ4n) is 2.78. The van der Waals surface area contributed by atoms with E-state index >= 15 is 0 Å². The molecule has 3 heteroatoms. The average Bonchev–Trinajstić information content (AvgIpc) is 2.48. The highest BCUT2D eigenvalue weighted by molar-refractivity contribution is 7.01. The molecule has 0 saturated carbocycles. The summed E-state index contributed by atoms with van der Waals surface area (Å²) in [7, 11) is -0.880. The molecule has 1 nitrogen and oxygen atoms in total. The van der Waals surface area contributed by atoms with E-state index in [2.05, 4.69) is 98.1 Å². The van der Waals surface area contributed by atoms with Crippen LogP contribution in [0.1, 0.15) is 0 Å². The minimum atomic E-state index is -1.61. The Morgan fingerprint density at radius 1 is 0.600 bits per heavy atom. The molecule has 0 aliphatic heterocycles. The van der Waals surface area contributed by atoms with Crippen LogP contribution in [0.15, 0.2) is 60.7 Å². The first-order valence-electron chi connectivity index (χ1n) is 7.22. The van der Waals surface area contributed by atoms with Gasteiger partial charge in [0.2, 0.25) is 0 Å². The predicted octanol–water partition coefficient (Wildman–Crippen LogP) is 3.14. The van der Waals surface area contributed by atoms with Gasteiger partial charge in [-0.2, -0.15) is 0 Å². The molecular formula is C17H25NSi2. The Balaban J connectivity index is 2.37. The third-order valence-corrected chi connectivity index (χ3v) is 14.8. The molecular weight excluding hydrogens is 274 g/mol. The maximum absolute atomic E-state index is 2.73. The van der Waals surface area contributed by atoms with Crippen molar-refractivity contribution in [2.24, 2.45) is 0 Å². The van der Waals surface area contributed by atoms with Crippen LogP contribution in [0.5, 0.6) is 0 Å². The van der Waals surface area contributed by atoms with Crippen molar-refractivity contribution in [3.8, 4) is 0 Å². The molecule has 0 aliphatic carbocycles. The van der Waals surface area contributed by atoms with Gasteiger partial charge in [0, 0.05) is 0 Å². The molecule has 0 fully saturated rings. The molecule has 106 valence electrons. The van der Waals surface area contributed by atoms with E-state index in [-0.39, 0.29) is 0 Å². The van der Waals surface area contributed by atoms with Crippen LogP contribution >= 0.6 is 0 Å². The van der Waals surface area contributed by atoms with E-state index in [1.807, 2.05) is 0 Å². The van der Waals surface area contributed by atoms with Gasteiger partial charge < -0.3 is 4.23 Å². The Labute approximate surface area is 125 Å². The van der Waals surface area contributed by atoms with E-state index in [9.17, 15) is 0 Å². The predicted molar refractivity (Wildman–Crippen MR) is 94.9 cm³/mol. The van der Waals surface area contributed by atoms with E-state index in [4.69, 9.17) is 0 Å². The fourth-order valence-corrected chi connectivity index (χ4v) is 11.9. The Bertz CT molecular complexity index is 498. The standard InChI is InChI=1S/C17H25NSi2/c1-18(19(2,3)16-12-8-6-9-13-16)20(4,5)17-14-10-7-11-15-17/h6-15H,1-5H3. The molecule has 0 aromatic heterocycles. The van der Waals surface area contributed by atoms with Crippen LogP contribution in [0.3, 0.4) is 0 Å². The monoisotopic (exact) mass is 299 g/mol. The first-order valence-corrected chi connectivity index (χ1v) is 13.1. The molecule has 0 amide bonds. The maximum Gasteiger partial charge on any atom is 0.147 e. The van der Waals surface area contributed by atoms with Crippen molar-refractivity contribution in [1.82, 2.24) is 4.23 Å². The molecule has 0 N–H and O–H groups in total. The quantitative estimate of drug-likeness (QED) is 0.784. The minimum Gasteiger partial charge on any atom is -0.341 e. The van der Waals surface area contributed by atoms with Gasteiger partial charge in [-0.05, 0) is 17.4 Å². The normalized spacial score (nSPS) is 12.7. The van der Waals surface area contributed by atoms with Gasteiger partial charge in [-0.15, -0.1) is 0 Å². The molecule has 0 aliphatic rings. The molecule has 0 radical (unpaired) electrons. The summed E-state index contributed by atoms with van der Waals surface area (Å²) in [5.74, 6) is 0.